The van der Waals surface area contributed by atoms with Crippen molar-refractivity contribution in [2.75, 3.05) is 5.75 Å². The van der Waals surface area contributed by atoms with Crippen LogP contribution < -0.4 is 0 Å². The van der Waals surface area contributed by atoms with E-state index in [-0.39, 0.29) is 12.1 Å². The Kier molecular flexibility index (Phi) is 4.88. The Labute approximate surface area is 112 Å². The number of rotatable bonds is 6. The molecular weight excluding hydrogens is 244 g/mol. The summed E-state index contributed by atoms with van der Waals surface area (Å²) in [5, 5.41) is 0. The normalized spacial score (nSPS) is 19.0. The van der Waals surface area contributed by atoms with E-state index in [2.05, 4.69) is 30.8 Å². The number of esters is 1. The number of cyclic esters (lactones) is 1. The molecule has 1 saturated heterocycles. The van der Waals surface area contributed by atoms with Crippen LogP contribution in [-0.4, -0.2) is 17.8 Å². The first-order valence-electron chi connectivity index (χ1n) is 6.26. The maximum atomic E-state index is 11.1. The van der Waals surface area contributed by atoms with Crippen LogP contribution >= 0.6 is 11.8 Å². The Bertz CT molecular complexity index is 398. The van der Waals surface area contributed by atoms with E-state index >= 15 is 0 Å². The molecule has 1 aliphatic rings. The number of hydrogen-bond acceptors (Lipinski definition) is 3. The number of ether oxygens (including phenoxy) is 1. The van der Waals surface area contributed by atoms with Gasteiger partial charge in [0.25, 0.3) is 0 Å². The molecule has 18 heavy (non-hydrogen) atoms. The maximum absolute atomic E-state index is 11.1. The van der Waals surface area contributed by atoms with Gasteiger partial charge >= 0.3 is 5.97 Å². The van der Waals surface area contributed by atoms with Crippen molar-refractivity contribution in [3.05, 3.63) is 48.0 Å². The largest absolute Gasteiger partial charge is 0.459 e. The van der Waals surface area contributed by atoms with Crippen molar-refractivity contribution in [2.24, 2.45) is 0 Å². The van der Waals surface area contributed by atoms with Crippen LogP contribution in [0, 0.1) is 0 Å². The average molecular weight is 262 g/mol. The van der Waals surface area contributed by atoms with Crippen molar-refractivity contribution < 1.29 is 9.53 Å². The highest BCUT2D eigenvalue weighted by Gasteiger charge is 2.26. The molecule has 0 N–H and O–H groups in total. The summed E-state index contributed by atoms with van der Waals surface area (Å²) < 4.78 is 5.19. The third kappa shape index (κ3) is 3.91. The van der Waals surface area contributed by atoms with E-state index in [4.69, 9.17) is 4.74 Å². The van der Waals surface area contributed by atoms with E-state index in [1.54, 1.807) is 0 Å². The fourth-order valence-electron chi connectivity index (χ4n) is 1.97. The highest BCUT2D eigenvalue weighted by Crippen LogP contribution is 2.23. The number of benzene rings is 1. The summed E-state index contributed by atoms with van der Waals surface area (Å²) in [5.41, 5.74) is 1.99. The molecule has 96 valence electrons. The molecule has 2 nitrogen and oxygen atoms in total. The second-order valence-corrected chi connectivity index (χ2v) is 5.62. The quantitative estimate of drug-likeness (QED) is 0.445. The summed E-state index contributed by atoms with van der Waals surface area (Å²) in [6, 6.07) is 10.5. The van der Waals surface area contributed by atoms with E-state index in [9.17, 15) is 4.79 Å². The van der Waals surface area contributed by atoms with Gasteiger partial charge in [-0.25, -0.2) is 4.79 Å². The van der Waals surface area contributed by atoms with Crippen LogP contribution in [0.15, 0.2) is 42.5 Å². The van der Waals surface area contributed by atoms with Crippen molar-refractivity contribution >= 4 is 17.7 Å². The molecule has 0 amide bonds. The molecule has 2 rings (SSSR count). The van der Waals surface area contributed by atoms with E-state index in [1.165, 1.54) is 5.56 Å². The predicted molar refractivity (Wildman–Crippen MR) is 75.5 cm³/mol. The lowest BCUT2D eigenvalue weighted by Gasteiger charge is -2.07. The molecule has 1 aliphatic heterocycles. The third-order valence-corrected chi connectivity index (χ3v) is 4.08. The Morgan fingerprint density at radius 1 is 1.33 bits per heavy atom. The van der Waals surface area contributed by atoms with Gasteiger partial charge in [-0.1, -0.05) is 36.9 Å². The van der Waals surface area contributed by atoms with Crippen LogP contribution in [0.3, 0.4) is 0 Å². The first-order valence-corrected chi connectivity index (χ1v) is 7.41. The van der Waals surface area contributed by atoms with Crippen LogP contribution in [0.5, 0.6) is 0 Å². The number of carbonyl (C=O) groups excluding carboxylic acids is 1. The summed E-state index contributed by atoms with van der Waals surface area (Å²) in [6.45, 7) is 3.69. The zero-order valence-corrected chi connectivity index (χ0v) is 11.2. The van der Waals surface area contributed by atoms with Crippen molar-refractivity contribution in [1.29, 1.82) is 0 Å². The van der Waals surface area contributed by atoms with E-state index in [0.29, 0.717) is 12.0 Å². The fourth-order valence-corrected chi connectivity index (χ4v) is 2.92. The zero-order valence-electron chi connectivity index (χ0n) is 10.4. The summed E-state index contributed by atoms with van der Waals surface area (Å²) in [7, 11) is 0. The molecule has 1 aromatic carbocycles. The van der Waals surface area contributed by atoms with Gasteiger partial charge in [-0.3, -0.25) is 0 Å². The van der Waals surface area contributed by atoms with E-state index < -0.39 is 0 Å². The van der Waals surface area contributed by atoms with Crippen molar-refractivity contribution in [3.8, 4) is 0 Å². The summed E-state index contributed by atoms with van der Waals surface area (Å²) in [4.78, 5) is 11.1. The summed E-state index contributed by atoms with van der Waals surface area (Å²) in [6.07, 6.45) is 2.82. The molecule has 1 aromatic rings. The Hall–Kier alpha value is -1.22. The average Bonchev–Trinajstić information content (AvgIpc) is 2.70. The maximum Gasteiger partial charge on any atom is 0.333 e. The standard InChI is InChI=1S/C15H18O2S/c1-12-10-14(17-15(12)16)8-5-9-18-11-13-6-3-2-4-7-13/h2-4,6-7,14H,1,5,8-11H2. The van der Waals surface area contributed by atoms with Crippen LogP contribution in [0.2, 0.25) is 0 Å². The summed E-state index contributed by atoms with van der Waals surface area (Å²) >= 11 is 1.93. The van der Waals surface area contributed by atoms with Gasteiger partial charge in [0.2, 0.25) is 0 Å². The van der Waals surface area contributed by atoms with Crippen LogP contribution in [0.4, 0.5) is 0 Å². The highest BCUT2D eigenvalue weighted by molar-refractivity contribution is 7.98. The number of carbonyl (C=O) groups is 1. The summed E-state index contributed by atoms with van der Waals surface area (Å²) in [5.74, 6) is 1.95. The monoisotopic (exact) mass is 262 g/mol. The van der Waals surface area contributed by atoms with Gasteiger partial charge in [-0.05, 0) is 24.2 Å². The van der Waals surface area contributed by atoms with Gasteiger partial charge in [0.1, 0.15) is 6.10 Å². The SMILES string of the molecule is C=C1CC(CCCSCc2ccccc2)OC1=O. The minimum atomic E-state index is -0.211. The molecule has 0 aliphatic carbocycles. The first-order chi connectivity index (χ1) is 8.75. The highest BCUT2D eigenvalue weighted by atomic mass is 32.2. The minimum Gasteiger partial charge on any atom is -0.459 e. The van der Waals surface area contributed by atoms with Crippen LogP contribution in [-0.2, 0) is 15.3 Å². The predicted octanol–water partition coefficient (Wildman–Crippen LogP) is 3.57. The molecule has 0 bridgehead atoms. The van der Waals surface area contributed by atoms with Crippen LogP contribution in [0.25, 0.3) is 0 Å². The molecule has 0 spiro atoms. The molecule has 0 radical (unpaired) electrons. The molecular formula is C15H18O2S. The third-order valence-electron chi connectivity index (χ3n) is 2.96. The van der Waals surface area contributed by atoms with Gasteiger partial charge in [-0.2, -0.15) is 11.8 Å². The zero-order chi connectivity index (χ0) is 12.8. The lowest BCUT2D eigenvalue weighted by Crippen LogP contribution is -2.06. The van der Waals surface area contributed by atoms with Crippen molar-refractivity contribution in [1.82, 2.24) is 0 Å². The molecule has 1 atom stereocenters. The number of thioether (sulfide) groups is 1. The smallest absolute Gasteiger partial charge is 0.333 e. The number of hydrogen-bond donors (Lipinski definition) is 0. The lowest BCUT2D eigenvalue weighted by atomic mass is 10.1. The van der Waals surface area contributed by atoms with Gasteiger partial charge in [0, 0.05) is 17.7 Å². The molecule has 1 fully saturated rings. The van der Waals surface area contributed by atoms with Gasteiger partial charge in [-0.15, -0.1) is 0 Å². The topological polar surface area (TPSA) is 26.3 Å². The second-order valence-electron chi connectivity index (χ2n) is 4.52. The van der Waals surface area contributed by atoms with Gasteiger partial charge in [0.15, 0.2) is 0 Å². The van der Waals surface area contributed by atoms with Gasteiger partial charge < -0.3 is 4.74 Å². The van der Waals surface area contributed by atoms with Gasteiger partial charge in [0.05, 0.1) is 0 Å². The minimum absolute atomic E-state index is 0.0716. The molecule has 3 heteroatoms. The first kappa shape index (κ1) is 13.2. The molecule has 0 aromatic heterocycles. The Morgan fingerprint density at radius 2 is 2.11 bits per heavy atom. The molecule has 1 heterocycles. The van der Waals surface area contributed by atoms with E-state index in [1.807, 2.05) is 17.8 Å². The Balaban J connectivity index is 1.57. The fraction of sp³-hybridized carbons (Fsp3) is 0.400. The molecule has 0 saturated carbocycles. The van der Waals surface area contributed by atoms with Crippen LogP contribution in [0.1, 0.15) is 24.8 Å². The lowest BCUT2D eigenvalue weighted by molar-refractivity contribution is -0.138. The second kappa shape index (κ2) is 6.64. The van der Waals surface area contributed by atoms with Crippen molar-refractivity contribution in [2.45, 2.75) is 31.1 Å². The molecule has 1 unspecified atom stereocenters. The Morgan fingerprint density at radius 3 is 2.78 bits per heavy atom. The van der Waals surface area contributed by atoms with E-state index in [0.717, 1.165) is 24.3 Å². The van der Waals surface area contributed by atoms with Crippen molar-refractivity contribution in [3.63, 3.8) is 0 Å².